The summed E-state index contributed by atoms with van der Waals surface area (Å²) in [5, 5.41) is 4.66. The van der Waals surface area contributed by atoms with E-state index in [1.165, 1.54) is 0 Å². The number of hydrogen-bond acceptors (Lipinski definition) is 7. The number of nitrogens with zero attached hydrogens (tertiary/aromatic N) is 2. The second-order valence-corrected chi connectivity index (χ2v) is 6.56. The van der Waals surface area contributed by atoms with Gasteiger partial charge in [-0.25, -0.2) is 0 Å². The number of carbonyl (C=O) groups is 2. The Hall–Kier alpha value is -3.55. The fourth-order valence-corrected chi connectivity index (χ4v) is 3.06. The van der Waals surface area contributed by atoms with E-state index < -0.39 is 5.97 Å². The molecule has 0 aliphatic heterocycles. The lowest BCUT2D eigenvalue weighted by Crippen LogP contribution is -2.34. The number of hydrogen-bond donors (Lipinski definition) is 0. The largest absolute Gasteiger partial charge is 0.493 e. The van der Waals surface area contributed by atoms with Crippen molar-refractivity contribution in [1.82, 2.24) is 10.1 Å². The van der Waals surface area contributed by atoms with Crippen molar-refractivity contribution < 1.29 is 28.3 Å². The molecule has 1 heterocycles. The predicted molar refractivity (Wildman–Crippen MR) is 109 cm³/mol. The number of aromatic nitrogens is 1. The highest BCUT2D eigenvalue weighted by Gasteiger charge is 2.18. The van der Waals surface area contributed by atoms with Crippen LogP contribution in [-0.2, 0) is 27.3 Å². The second-order valence-electron chi connectivity index (χ2n) is 6.56. The molecule has 0 saturated heterocycles. The van der Waals surface area contributed by atoms with E-state index in [1.54, 1.807) is 31.3 Å². The van der Waals surface area contributed by atoms with Crippen molar-refractivity contribution in [2.75, 3.05) is 27.4 Å². The minimum absolute atomic E-state index is 0.0634. The summed E-state index contributed by atoms with van der Waals surface area (Å²) in [5.41, 5.74) is 1.97. The third-order valence-electron chi connectivity index (χ3n) is 4.68. The van der Waals surface area contributed by atoms with E-state index in [2.05, 4.69) is 5.16 Å². The number of esters is 1. The van der Waals surface area contributed by atoms with Crippen LogP contribution in [0, 0.1) is 0 Å². The average molecular weight is 412 g/mol. The molecule has 3 rings (SSSR count). The maximum Gasteiger partial charge on any atom is 0.312 e. The average Bonchev–Trinajstić information content (AvgIpc) is 3.18. The molecule has 0 atom stereocenters. The number of likely N-dealkylation sites (N-methyl/N-ethyl adjacent to an activating group) is 1. The molecule has 1 amide bonds. The lowest BCUT2D eigenvalue weighted by molar-refractivity contribution is -0.151. The molecule has 8 heteroatoms. The Kier molecular flexibility index (Phi) is 6.90. The number of para-hydroxylation sites is 1. The van der Waals surface area contributed by atoms with Gasteiger partial charge < -0.3 is 23.6 Å². The highest BCUT2D eigenvalue weighted by molar-refractivity contribution is 5.85. The number of benzene rings is 2. The summed E-state index contributed by atoms with van der Waals surface area (Å²) in [4.78, 5) is 26.3. The van der Waals surface area contributed by atoms with Gasteiger partial charge in [-0.2, -0.15) is 0 Å². The second kappa shape index (κ2) is 9.78. The van der Waals surface area contributed by atoms with Crippen LogP contribution in [0.1, 0.15) is 18.2 Å². The van der Waals surface area contributed by atoms with Gasteiger partial charge in [0.25, 0.3) is 5.91 Å². The van der Waals surface area contributed by atoms with Crippen LogP contribution >= 0.6 is 0 Å². The third kappa shape index (κ3) is 4.89. The van der Waals surface area contributed by atoms with Crippen LogP contribution in [0.2, 0.25) is 0 Å². The first-order valence-electron chi connectivity index (χ1n) is 9.53. The summed E-state index contributed by atoms with van der Waals surface area (Å²) in [6.45, 7) is 2.36. The number of fused-ring (bicyclic) bond motifs is 1. The zero-order valence-corrected chi connectivity index (χ0v) is 17.2. The molecule has 0 aliphatic carbocycles. The smallest absolute Gasteiger partial charge is 0.312 e. The van der Waals surface area contributed by atoms with Crippen LogP contribution in [0.3, 0.4) is 0 Å². The topological polar surface area (TPSA) is 91.1 Å². The standard InChI is InChI=1S/C22H24N2O6/c1-4-24(13-15-9-10-19(27-2)20(11-15)28-3)21(25)14-29-22(26)12-17-16-7-5-6-8-18(16)30-23-17/h5-11H,4,12-14H2,1-3H3. The zero-order chi connectivity index (χ0) is 21.5. The Balaban J connectivity index is 1.56. The van der Waals surface area contributed by atoms with Crippen LogP contribution in [0.5, 0.6) is 11.5 Å². The molecule has 0 unspecified atom stereocenters. The summed E-state index contributed by atoms with van der Waals surface area (Å²) >= 11 is 0. The molecule has 158 valence electrons. The van der Waals surface area contributed by atoms with Crippen molar-refractivity contribution in [1.29, 1.82) is 0 Å². The predicted octanol–water partition coefficient (Wildman–Crippen LogP) is 2.98. The Morgan fingerprint density at radius 3 is 2.57 bits per heavy atom. The molecule has 0 spiro atoms. The molecular weight excluding hydrogens is 388 g/mol. The van der Waals surface area contributed by atoms with Crippen molar-refractivity contribution in [2.24, 2.45) is 0 Å². The number of amides is 1. The van der Waals surface area contributed by atoms with Gasteiger partial charge in [0.1, 0.15) is 5.69 Å². The molecular formula is C22H24N2O6. The van der Waals surface area contributed by atoms with Crippen LogP contribution < -0.4 is 9.47 Å². The Morgan fingerprint density at radius 2 is 1.83 bits per heavy atom. The number of carbonyl (C=O) groups excluding carboxylic acids is 2. The lowest BCUT2D eigenvalue weighted by Gasteiger charge is -2.21. The fraction of sp³-hybridized carbons (Fsp3) is 0.318. The molecule has 0 saturated carbocycles. The van der Waals surface area contributed by atoms with Gasteiger partial charge in [0.05, 0.1) is 20.6 Å². The Morgan fingerprint density at radius 1 is 1.07 bits per heavy atom. The van der Waals surface area contributed by atoms with Crippen molar-refractivity contribution in [3.8, 4) is 11.5 Å². The Bertz CT molecular complexity index is 1030. The molecule has 0 fully saturated rings. The van der Waals surface area contributed by atoms with Crippen LogP contribution in [0.4, 0.5) is 0 Å². The fourth-order valence-electron chi connectivity index (χ4n) is 3.06. The first kappa shape index (κ1) is 21.2. The molecule has 0 aliphatic rings. The van der Waals surface area contributed by atoms with E-state index >= 15 is 0 Å². The molecule has 0 N–H and O–H groups in total. The lowest BCUT2D eigenvalue weighted by atomic mass is 10.2. The van der Waals surface area contributed by atoms with Crippen molar-refractivity contribution in [3.63, 3.8) is 0 Å². The SMILES string of the molecule is CCN(Cc1ccc(OC)c(OC)c1)C(=O)COC(=O)Cc1noc2ccccc12. The molecule has 30 heavy (non-hydrogen) atoms. The van der Waals surface area contributed by atoms with Gasteiger partial charge >= 0.3 is 5.97 Å². The molecule has 1 aromatic heterocycles. The Labute approximate surface area is 174 Å². The van der Waals surface area contributed by atoms with Gasteiger partial charge in [-0.05, 0) is 36.8 Å². The van der Waals surface area contributed by atoms with Gasteiger partial charge in [-0.15, -0.1) is 0 Å². The van der Waals surface area contributed by atoms with Crippen LogP contribution in [0.25, 0.3) is 11.0 Å². The van der Waals surface area contributed by atoms with Crippen molar-refractivity contribution >= 4 is 22.8 Å². The van der Waals surface area contributed by atoms with Crippen LogP contribution in [-0.4, -0.2) is 49.3 Å². The van der Waals surface area contributed by atoms with Crippen molar-refractivity contribution in [2.45, 2.75) is 19.9 Å². The molecule has 3 aromatic rings. The summed E-state index contributed by atoms with van der Waals surface area (Å²) in [5.74, 6) is 0.380. The zero-order valence-electron chi connectivity index (χ0n) is 17.2. The minimum atomic E-state index is -0.537. The monoisotopic (exact) mass is 412 g/mol. The van der Waals surface area contributed by atoms with E-state index in [9.17, 15) is 9.59 Å². The first-order chi connectivity index (χ1) is 14.5. The molecule has 0 radical (unpaired) electrons. The molecule has 0 bridgehead atoms. The quantitative estimate of drug-likeness (QED) is 0.499. The van der Waals surface area contributed by atoms with E-state index in [1.807, 2.05) is 37.3 Å². The maximum atomic E-state index is 12.5. The number of methoxy groups -OCH3 is 2. The van der Waals surface area contributed by atoms with Crippen LogP contribution in [0.15, 0.2) is 47.0 Å². The summed E-state index contributed by atoms with van der Waals surface area (Å²) < 4.78 is 20.9. The summed E-state index contributed by atoms with van der Waals surface area (Å²) in [6, 6.07) is 12.7. The molecule has 8 nitrogen and oxygen atoms in total. The van der Waals surface area contributed by atoms with Gasteiger partial charge in [-0.1, -0.05) is 23.4 Å². The van der Waals surface area contributed by atoms with E-state index in [-0.39, 0.29) is 18.9 Å². The molecule has 2 aromatic carbocycles. The third-order valence-corrected chi connectivity index (χ3v) is 4.68. The van der Waals surface area contributed by atoms with Gasteiger partial charge in [0.15, 0.2) is 23.7 Å². The minimum Gasteiger partial charge on any atom is -0.493 e. The van der Waals surface area contributed by atoms with Gasteiger partial charge in [0.2, 0.25) is 0 Å². The number of ether oxygens (including phenoxy) is 3. The highest BCUT2D eigenvalue weighted by Crippen LogP contribution is 2.28. The first-order valence-corrected chi connectivity index (χ1v) is 9.53. The normalized spacial score (nSPS) is 10.6. The number of rotatable bonds is 9. The summed E-state index contributed by atoms with van der Waals surface area (Å²) in [6.07, 6.45) is -0.0634. The van der Waals surface area contributed by atoms with Gasteiger partial charge in [-0.3, -0.25) is 9.59 Å². The highest BCUT2D eigenvalue weighted by atomic mass is 16.5. The maximum absolute atomic E-state index is 12.5. The van der Waals surface area contributed by atoms with E-state index in [0.717, 1.165) is 10.9 Å². The van der Waals surface area contributed by atoms with Gasteiger partial charge in [0, 0.05) is 18.5 Å². The van der Waals surface area contributed by atoms with E-state index in [4.69, 9.17) is 18.7 Å². The van der Waals surface area contributed by atoms with Crippen molar-refractivity contribution in [3.05, 3.63) is 53.7 Å². The van der Waals surface area contributed by atoms with E-state index in [0.29, 0.717) is 35.9 Å². The summed E-state index contributed by atoms with van der Waals surface area (Å²) in [7, 11) is 3.12.